The summed E-state index contributed by atoms with van der Waals surface area (Å²) < 4.78 is 1.46. The molecule has 1 amide bonds. The number of aromatic nitrogens is 3. The molecule has 0 spiro atoms. The number of hydrogen-bond acceptors (Lipinski definition) is 5. The average molecular weight is 319 g/mol. The third-order valence-corrected chi connectivity index (χ3v) is 4.13. The summed E-state index contributed by atoms with van der Waals surface area (Å²) in [7, 11) is 0. The Kier molecular flexibility index (Phi) is 5.83. The van der Waals surface area contributed by atoms with Gasteiger partial charge in [0, 0.05) is 12.1 Å². The standard InChI is InChI=1S/C15H21N5OS/c1-3-5-13-18-19-15(20(13)16)22-10-14(21)17-12-8-6-11(4-2)7-9-12/h6-9H,3-5,10,16H2,1-2H3,(H,17,21). The van der Waals surface area contributed by atoms with E-state index in [1.54, 1.807) is 0 Å². The Labute approximate surface area is 134 Å². The van der Waals surface area contributed by atoms with Crippen LogP contribution in [0.15, 0.2) is 29.4 Å². The van der Waals surface area contributed by atoms with Crippen LogP contribution < -0.4 is 11.2 Å². The molecule has 0 aliphatic carbocycles. The second kappa shape index (κ2) is 7.84. The van der Waals surface area contributed by atoms with E-state index < -0.39 is 0 Å². The highest BCUT2D eigenvalue weighted by molar-refractivity contribution is 7.99. The Bertz CT molecular complexity index is 623. The van der Waals surface area contributed by atoms with Crippen molar-refractivity contribution < 1.29 is 4.79 Å². The summed E-state index contributed by atoms with van der Waals surface area (Å²) in [6.07, 6.45) is 2.71. The minimum atomic E-state index is -0.0886. The lowest BCUT2D eigenvalue weighted by molar-refractivity contribution is -0.113. The van der Waals surface area contributed by atoms with Crippen LogP contribution in [0.5, 0.6) is 0 Å². The third kappa shape index (κ3) is 4.24. The molecule has 1 aromatic heterocycles. The van der Waals surface area contributed by atoms with E-state index in [1.165, 1.54) is 22.0 Å². The zero-order valence-electron chi connectivity index (χ0n) is 12.9. The highest BCUT2D eigenvalue weighted by Gasteiger charge is 2.11. The molecular weight excluding hydrogens is 298 g/mol. The molecule has 7 heteroatoms. The predicted molar refractivity (Wildman–Crippen MR) is 89.3 cm³/mol. The van der Waals surface area contributed by atoms with E-state index in [9.17, 15) is 4.79 Å². The molecule has 0 atom stereocenters. The molecular formula is C15H21N5OS. The highest BCUT2D eigenvalue weighted by atomic mass is 32.2. The molecule has 1 heterocycles. The summed E-state index contributed by atoms with van der Waals surface area (Å²) in [4.78, 5) is 12.0. The van der Waals surface area contributed by atoms with Crippen molar-refractivity contribution in [2.45, 2.75) is 38.3 Å². The molecule has 2 rings (SSSR count). The van der Waals surface area contributed by atoms with E-state index in [1.807, 2.05) is 24.3 Å². The van der Waals surface area contributed by atoms with Gasteiger partial charge in [0.15, 0.2) is 5.82 Å². The first-order valence-corrected chi connectivity index (χ1v) is 8.33. The summed E-state index contributed by atoms with van der Waals surface area (Å²) >= 11 is 1.28. The first kappa shape index (κ1) is 16.4. The molecule has 22 heavy (non-hydrogen) atoms. The van der Waals surface area contributed by atoms with E-state index in [0.29, 0.717) is 5.16 Å². The zero-order chi connectivity index (χ0) is 15.9. The number of rotatable bonds is 7. The van der Waals surface area contributed by atoms with Gasteiger partial charge in [-0.2, -0.15) is 0 Å². The molecule has 3 N–H and O–H groups in total. The molecule has 1 aromatic carbocycles. The fraction of sp³-hybridized carbons (Fsp3) is 0.400. The van der Waals surface area contributed by atoms with Crippen LogP contribution in [0.4, 0.5) is 5.69 Å². The van der Waals surface area contributed by atoms with E-state index in [2.05, 4.69) is 29.4 Å². The van der Waals surface area contributed by atoms with Gasteiger partial charge in [0.2, 0.25) is 11.1 Å². The number of aryl methyl sites for hydroxylation is 2. The number of benzene rings is 1. The normalized spacial score (nSPS) is 10.6. The Morgan fingerprint density at radius 3 is 2.64 bits per heavy atom. The number of carbonyl (C=O) groups excluding carboxylic acids is 1. The number of nitrogens with one attached hydrogen (secondary N) is 1. The number of thioether (sulfide) groups is 1. The second-order valence-corrected chi connectivity index (χ2v) is 5.85. The molecule has 6 nitrogen and oxygen atoms in total. The zero-order valence-corrected chi connectivity index (χ0v) is 13.7. The Morgan fingerprint density at radius 1 is 1.27 bits per heavy atom. The number of nitrogens with zero attached hydrogens (tertiary/aromatic N) is 3. The highest BCUT2D eigenvalue weighted by Crippen LogP contribution is 2.16. The predicted octanol–water partition coefficient (Wildman–Crippen LogP) is 2.24. The van der Waals surface area contributed by atoms with Gasteiger partial charge in [-0.15, -0.1) is 10.2 Å². The van der Waals surface area contributed by atoms with Crippen LogP contribution in [0.3, 0.4) is 0 Å². The van der Waals surface area contributed by atoms with Gasteiger partial charge in [-0.1, -0.05) is 37.7 Å². The minimum absolute atomic E-state index is 0.0886. The number of anilines is 1. The molecule has 118 valence electrons. The molecule has 0 radical (unpaired) electrons. The summed E-state index contributed by atoms with van der Waals surface area (Å²) in [6.45, 7) is 4.15. The number of hydrogen-bond donors (Lipinski definition) is 2. The molecule has 0 bridgehead atoms. The number of nitrogen functional groups attached to an aromatic ring is 1. The van der Waals surface area contributed by atoms with Crippen LogP contribution >= 0.6 is 11.8 Å². The van der Waals surface area contributed by atoms with Gasteiger partial charge in [0.25, 0.3) is 0 Å². The topological polar surface area (TPSA) is 85.8 Å². The first-order valence-electron chi connectivity index (χ1n) is 7.35. The van der Waals surface area contributed by atoms with Crippen molar-refractivity contribution in [1.82, 2.24) is 14.9 Å². The van der Waals surface area contributed by atoms with Gasteiger partial charge >= 0.3 is 0 Å². The fourth-order valence-electron chi connectivity index (χ4n) is 1.95. The molecule has 0 saturated heterocycles. The van der Waals surface area contributed by atoms with Crippen molar-refractivity contribution in [2.75, 3.05) is 16.9 Å². The largest absolute Gasteiger partial charge is 0.336 e. The van der Waals surface area contributed by atoms with Crippen LogP contribution in [0.1, 0.15) is 31.7 Å². The summed E-state index contributed by atoms with van der Waals surface area (Å²) in [5.74, 6) is 6.79. The maximum atomic E-state index is 12.0. The Morgan fingerprint density at radius 2 is 2.00 bits per heavy atom. The van der Waals surface area contributed by atoms with E-state index in [-0.39, 0.29) is 11.7 Å². The quantitative estimate of drug-likeness (QED) is 0.604. The Hall–Kier alpha value is -2.02. The third-order valence-electron chi connectivity index (χ3n) is 3.19. The van der Waals surface area contributed by atoms with Gasteiger partial charge in [-0.25, -0.2) is 4.68 Å². The minimum Gasteiger partial charge on any atom is -0.336 e. The average Bonchev–Trinajstić information content (AvgIpc) is 2.87. The van der Waals surface area contributed by atoms with Crippen LogP contribution in [0, 0.1) is 0 Å². The van der Waals surface area contributed by atoms with Crippen molar-refractivity contribution in [2.24, 2.45) is 0 Å². The van der Waals surface area contributed by atoms with E-state index >= 15 is 0 Å². The molecule has 2 aromatic rings. The van der Waals surface area contributed by atoms with Crippen molar-refractivity contribution in [3.63, 3.8) is 0 Å². The van der Waals surface area contributed by atoms with Crippen molar-refractivity contribution in [1.29, 1.82) is 0 Å². The SMILES string of the molecule is CCCc1nnc(SCC(=O)Nc2ccc(CC)cc2)n1N. The summed E-state index contributed by atoms with van der Waals surface area (Å²) in [5, 5.41) is 11.4. The maximum Gasteiger partial charge on any atom is 0.234 e. The molecule has 0 unspecified atom stereocenters. The summed E-state index contributed by atoms with van der Waals surface area (Å²) in [5.41, 5.74) is 2.04. The maximum absolute atomic E-state index is 12.0. The first-order chi connectivity index (χ1) is 10.6. The lowest BCUT2D eigenvalue weighted by Gasteiger charge is -2.06. The monoisotopic (exact) mass is 319 g/mol. The van der Waals surface area contributed by atoms with Gasteiger partial charge < -0.3 is 11.2 Å². The molecule has 0 aliphatic rings. The second-order valence-electron chi connectivity index (χ2n) is 4.91. The molecule has 0 aliphatic heterocycles. The fourth-order valence-corrected chi connectivity index (χ4v) is 2.63. The molecule has 0 fully saturated rings. The number of nitrogens with two attached hydrogens (primary N) is 1. The van der Waals surface area contributed by atoms with Crippen LogP contribution in [-0.4, -0.2) is 26.5 Å². The van der Waals surface area contributed by atoms with Gasteiger partial charge in [0.1, 0.15) is 0 Å². The lowest BCUT2D eigenvalue weighted by Crippen LogP contribution is -2.17. The lowest BCUT2D eigenvalue weighted by atomic mass is 10.1. The van der Waals surface area contributed by atoms with Gasteiger partial charge in [-0.05, 0) is 30.5 Å². The van der Waals surface area contributed by atoms with Gasteiger partial charge in [-0.3, -0.25) is 4.79 Å². The van der Waals surface area contributed by atoms with E-state index in [0.717, 1.165) is 30.8 Å². The van der Waals surface area contributed by atoms with Crippen molar-refractivity contribution in [3.05, 3.63) is 35.7 Å². The number of amides is 1. The van der Waals surface area contributed by atoms with Crippen LogP contribution in [-0.2, 0) is 17.6 Å². The Balaban J connectivity index is 1.87. The van der Waals surface area contributed by atoms with Gasteiger partial charge in [0.05, 0.1) is 5.75 Å². The van der Waals surface area contributed by atoms with Crippen LogP contribution in [0.2, 0.25) is 0 Å². The van der Waals surface area contributed by atoms with E-state index in [4.69, 9.17) is 5.84 Å². The molecule has 0 saturated carbocycles. The van der Waals surface area contributed by atoms with Crippen molar-refractivity contribution >= 4 is 23.4 Å². The van der Waals surface area contributed by atoms with Crippen LogP contribution in [0.25, 0.3) is 0 Å². The van der Waals surface area contributed by atoms with Crippen molar-refractivity contribution in [3.8, 4) is 0 Å². The summed E-state index contributed by atoms with van der Waals surface area (Å²) in [6, 6.07) is 7.84. The number of carbonyl (C=O) groups is 1. The smallest absolute Gasteiger partial charge is 0.234 e.